The van der Waals surface area contributed by atoms with Crippen LogP contribution in [0.25, 0.3) is 0 Å². The maximum Gasteiger partial charge on any atom is 0.416 e. The molecular formula is C29H18Cl2F3N3O5S2. The lowest BCUT2D eigenvalue weighted by molar-refractivity contribution is -0.137. The minimum Gasteiger partial charge on any atom is -0.483 e. The Morgan fingerprint density at radius 1 is 0.977 bits per heavy atom. The van der Waals surface area contributed by atoms with E-state index in [0.29, 0.717) is 26.2 Å². The van der Waals surface area contributed by atoms with Gasteiger partial charge in [0.1, 0.15) is 11.0 Å². The number of para-hydroxylation sites is 1. The lowest BCUT2D eigenvalue weighted by Crippen LogP contribution is -2.32. The van der Waals surface area contributed by atoms with Gasteiger partial charge in [-0.1, -0.05) is 70.6 Å². The van der Waals surface area contributed by atoms with Crippen LogP contribution in [-0.4, -0.2) is 34.6 Å². The van der Waals surface area contributed by atoms with E-state index in [1.165, 1.54) is 18.2 Å². The number of imide groups is 1. The highest BCUT2D eigenvalue weighted by Crippen LogP contribution is 2.54. The van der Waals surface area contributed by atoms with Crippen LogP contribution in [0.5, 0.6) is 5.75 Å². The van der Waals surface area contributed by atoms with Crippen LogP contribution >= 0.6 is 46.3 Å². The molecule has 4 aromatic rings. The fraction of sp³-hybridized carbons (Fsp3) is 0.172. The minimum atomic E-state index is -4.68. The van der Waals surface area contributed by atoms with E-state index in [-0.39, 0.29) is 16.5 Å². The first-order valence-electron chi connectivity index (χ1n) is 12.8. The molecule has 0 spiro atoms. The van der Waals surface area contributed by atoms with Crippen molar-refractivity contribution in [3.05, 3.63) is 102 Å². The molecule has 2 aliphatic rings. The Bertz CT molecular complexity index is 1880. The van der Waals surface area contributed by atoms with E-state index in [2.05, 4.69) is 10.3 Å². The summed E-state index contributed by atoms with van der Waals surface area (Å²) in [5, 5.41) is 2.55. The molecule has 1 aromatic heterocycles. The second-order valence-electron chi connectivity index (χ2n) is 9.81. The number of alkyl halides is 3. The summed E-state index contributed by atoms with van der Waals surface area (Å²) < 4.78 is 46.2. The largest absolute Gasteiger partial charge is 0.483 e. The quantitative estimate of drug-likeness (QED) is 0.223. The molecule has 3 unspecified atom stereocenters. The lowest BCUT2D eigenvalue weighted by atomic mass is 9.82. The summed E-state index contributed by atoms with van der Waals surface area (Å²) in [6.07, 6.45) is -4.68. The van der Waals surface area contributed by atoms with Gasteiger partial charge in [0.05, 0.1) is 32.2 Å². The average Bonchev–Trinajstić information content (AvgIpc) is 3.47. The summed E-state index contributed by atoms with van der Waals surface area (Å²) in [7, 11) is 0. The highest BCUT2D eigenvalue weighted by molar-refractivity contribution is 8.00. The lowest BCUT2D eigenvalue weighted by Gasteiger charge is -2.30. The minimum absolute atomic E-state index is 0.205. The third kappa shape index (κ3) is 5.60. The number of halogens is 5. The summed E-state index contributed by atoms with van der Waals surface area (Å²) in [6.45, 7) is -0.438. The summed E-state index contributed by atoms with van der Waals surface area (Å²) in [5.41, 5.74) is -0.395. The second kappa shape index (κ2) is 11.6. The van der Waals surface area contributed by atoms with Crippen molar-refractivity contribution in [2.75, 3.05) is 16.8 Å². The molecule has 1 fully saturated rings. The van der Waals surface area contributed by atoms with Crippen LogP contribution in [0.2, 0.25) is 10.0 Å². The molecule has 3 amide bonds. The van der Waals surface area contributed by atoms with E-state index >= 15 is 0 Å². The Morgan fingerprint density at radius 3 is 2.50 bits per heavy atom. The van der Waals surface area contributed by atoms with Crippen molar-refractivity contribution in [1.82, 2.24) is 4.98 Å². The SMILES string of the molecule is O=C(COc1ccccc1C1c2sc(=O)[nH]c2SC2C(=O)N(c3cccc(C(F)(F)F)c3)C(=O)C21)Nc1ccc(Cl)c(Cl)c1. The molecule has 0 aliphatic carbocycles. The molecule has 0 radical (unpaired) electrons. The average molecular weight is 681 g/mol. The summed E-state index contributed by atoms with van der Waals surface area (Å²) in [5.74, 6) is -3.67. The number of fused-ring (bicyclic) bond motifs is 2. The fourth-order valence-electron chi connectivity index (χ4n) is 5.21. The maximum atomic E-state index is 13.9. The first-order chi connectivity index (χ1) is 20.9. The first-order valence-corrected chi connectivity index (χ1v) is 15.3. The van der Waals surface area contributed by atoms with Crippen molar-refractivity contribution in [2.45, 2.75) is 22.4 Å². The molecule has 226 valence electrons. The number of carbonyl (C=O) groups excluding carboxylic acids is 3. The highest BCUT2D eigenvalue weighted by Gasteiger charge is 2.57. The Balaban J connectivity index is 1.33. The molecule has 6 rings (SSSR count). The van der Waals surface area contributed by atoms with Gasteiger partial charge in [-0.15, -0.1) is 0 Å². The third-order valence-corrected chi connectivity index (χ3v) is 10.2. The number of hydrogen-bond donors (Lipinski definition) is 2. The number of rotatable bonds is 6. The van der Waals surface area contributed by atoms with Crippen LogP contribution in [0.1, 0.15) is 21.9 Å². The van der Waals surface area contributed by atoms with Crippen molar-refractivity contribution in [1.29, 1.82) is 0 Å². The Morgan fingerprint density at radius 2 is 1.75 bits per heavy atom. The van der Waals surface area contributed by atoms with Crippen molar-refractivity contribution in [2.24, 2.45) is 5.92 Å². The van der Waals surface area contributed by atoms with Crippen molar-refractivity contribution >= 4 is 75.4 Å². The topological polar surface area (TPSA) is 109 Å². The Hall–Kier alpha value is -3.78. The Labute approximate surface area is 265 Å². The fourth-order valence-corrected chi connectivity index (χ4v) is 8.02. The van der Waals surface area contributed by atoms with E-state index in [4.69, 9.17) is 27.9 Å². The smallest absolute Gasteiger partial charge is 0.416 e. The summed E-state index contributed by atoms with van der Waals surface area (Å²) in [6, 6.07) is 15.1. The molecule has 1 saturated heterocycles. The Kier molecular flexibility index (Phi) is 7.99. The normalized spacial score (nSPS) is 19.5. The number of thiazole rings is 1. The van der Waals surface area contributed by atoms with Crippen LogP contribution in [0, 0.1) is 5.92 Å². The zero-order valence-electron chi connectivity index (χ0n) is 22.0. The molecule has 8 nitrogen and oxygen atoms in total. The van der Waals surface area contributed by atoms with Crippen LogP contribution in [0.15, 0.2) is 76.6 Å². The van der Waals surface area contributed by atoms with Gasteiger partial charge in [-0.3, -0.25) is 19.2 Å². The molecule has 0 bridgehead atoms. The monoisotopic (exact) mass is 679 g/mol. The van der Waals surface area contributed by atoms with Gasteiger partial charge in [0, 0.05) is 22.0 Å². The highest BCUT2D eigenvalue weighted by atomic mass is 35.5. The first kappa shape index (κ1) is 30.3. The molecule has 44 heavy (non-hydrogen) atoms. The standard InChI is InChI=1S/C29H18Cl2F3N3O5S2/c30-17-9-8-14(11-18(17)31)35-20(38)12-42-19-7-2-1-6-16(19)21-22-24(43-25-23(21)44-28(41)36-25)27(40)37(26(22)39)15-5-3-4-13(10-15)29(32,33)34/h1-11,21-22,24H,12H2,(H,35,38)(H,36,41). The van der Waals surface area contributed by atoms with Gasteiger partial charge in [0.15, 0.2) is 6.61 Å². The summed E-state index contributed by atoms with van der Waals surface area (Å²) in [4.78, 5) is 56.2. The van der Waals surface area contributed by atoms with Crippen LogP contribution in [0.4, 0.5) is 24.5 Å². The van der Waals surface area contributed by atoms with Gasteiger partial charge in [0.2, 0.25) is 11.8 Å². The van der Waals surface area contributed by atoms with Crippen molar-refractivity contribution in [3.8, 4) is 5.75 Å². The number of benzene rings is 3. The number of aromatic nitrogens is 1. The van der Waals surface area contributed by atoms with Gasteiger partial charge < -0.3 is 15.0 Å². The van der Waals surface area contributed by atoms with E-state index in [0.717, 1.165) is 46.2 Å². The van der Waals surface area contributed by atoms with Crippen LogP contribution in [-0.2, 0) is 20.6 Å². The van der Waals surface area contributed by atoms with Crippen LogP contribution < -0.4 is 19.8 Å². The van der Waals surface area contributed by atoms with E-state index in [1.54, 1.807) is 30.3 Å². The van der Waals surface area contributed by atoms with Crippen LogP contribution in [0.3, 0.4) is 0 Å². The molecular weight excluding hydrogens is 662 g/mol. The second-order valence-corrected chi connectivity index (χ2v) is 12.8. The number of carbonyl (C=O) groups is 3. The number of H-pyrrole nitrogens is 1. The predicted molar refractivity (Wildman–Crippen MR) is 161 cm³/mol. The zero-order valence-corrected chi connectivity index (χ0v) is 25.1. The van der Waals surface area contributed by atoms with E-state index in [1.807, 2.05) is 0 Å². The van der Waals surface area contributed by atoms with E-state index < -0.39 is 58.0 Å². The van der Waals surface area contributed by atoms with Gasteiger partial charge in [-0.2, -0.15) is 13.2 Å². The zero-order chi connectivity index (χ0) is 31.3. The van der Waals surface area contributed by atoms with Gasteiger partial charge in [-0.25, -0.2) is 4.90 Å². The number of nitrogens with zero attached hydrogens (tertiary/aromatic N) is 1. The van der Waals surface area contributed by atoms with Gasteiger partial charge in [-0.05, 0) is 42.5 Å². The number of ether oxygens (including phenoxy) is 1. The molecule has 2 N–H and O–H groups in total. The van der Waals surface area contributed by atoms with E-state index in [9.17, 15) is 32.3 Å². The number of amides is 3. The number of anilines is 2. The number of aromatic amines is 1. The molecule has 3 heterocycles. The molecule has 0 saturated carbocycles. The molecule has 2 aliphatic heterocycles. The maximum absolute atomic E-state index is 13.9. The molecule has 3 aromatic carbocycles. The number of thioether (sulfide) groups is 1. The number of hydrogen-bond acceptors (Lipinski definition) is 7. The molecule has 3 atom stereocenters. The summed E-state index contributed by atoms with van der Waals surface area (Å²) >= 11 is 13.8. The predicted octanol–water partition coefficient (Wildman–Crippen LogP) is 6.58. The van der Waals surface area contributed by atoms with Crippen molar-refractivity contribution in [3.63, 3.8) is 0 Å². The molecule has 15 heteroatoms. The third-order valence-electron chi connectivity index (χ3n) is 7.07. The van der Waals surface area contributed by atoms with Crippen molar-refractivity contribution < 1.29 is 32.3 Å². The van der Waals surface area contributed by atoms with Gasteiger partial charge in [0.25, 0.3) is 5.91 Å². The van der Waals surface area contributed by atoms with Gasteiger partial charge >= 0.3 is 11.0 Å². The number of nitrogens with one attached hydrogen (secondary N) is 2.